The van der Waals surface area contributed by atoms with Crippen molar-refractivity contribution in [1.29, 1.82) is 0 Å². The molecule has 2 aliphatic heterocycles. The largest absolute Gasteiger partial charge is 0.501 e. The molecular formula is C19H32O9. The van der Waals surface area contributed by atoms with Gasteiger partial charge >= 0.3 is 11.9 Å². The Balaban J connectivity index is 0.000000496. The number of esters is 2. The van der Waals surface area contributed by atoms with Crippen molar-refractivity contribution in [3.63, 3.8) is 0 Å². The first-order valence-electron chi connectivity index (χ1n) is 9.37. The zero-order valence-electron chi connectivity index (χ0n) is 17.0. The standard InChI is InChI=1S/C11H20O5.C4H6O3.C4H6O/c1-4-14-10(13)9(12)8-5-6-15-11(8)16-7(2)3;1-2-7-4(6)3-5;1-2-4-5-3-1/h7-9,11-12H,4-6H2,1-3H3;3H,2H2,1H3;1,3H,2,4H2. The lowest BCUT2D eigenvalue weighted by atomic mass is 10.0. The van der Waals surface area contributed by atoms with Crippen LogP contribution >= 0.6 is 0 Å². The highest BCUT2D eigenvalue weighted by Gasteiger charge is 2.39. The van der Waals surface area contributed by atoms with Crippen LogP contribution in [0.2, 0.25) is 0 Å². The minimum atomic E-state index is -1.16. The smallest absolute Gasteiger partial charge is 0.371 e. The maximum atomic E-state index is 11.4. The molecule has 2 heterocycles. The summed E-state index contributed by atoms with van der Waals surface area (Å²) in [6.07, 6.45) is 3.92. The van der Waals surface area contributed by atoms with Crippen molar-refractivity contribution in [2.45, 2.75) is 59.0 Å². The zero-order valence-corrected chi connectivity index (χ0v) is 17.0. The highest BCUT2D eigenvalue weighted by Crippen LogP contribution is 2.26. The summed E-state index contributed by atoms with van der Waals surface area (Å²) in [4.78, 5) is 30.6. The van der Waals surface area contributed by atoms with E-state index in [0.29, 0.717) is 13.0 Å². The van der Waals surface area contributed by atoms with Crippen LogP contribution in [0.5, 0.6) is 0 Å². The first kappa shape index (κ1) is 26.0. The molecule has 3 unspecified atom stereocenters. The van der Waals surface area contributed by atoms with E-state index < -0.39 is 24.3 Å². The van der Waals surface area contributed by atoms with Crippen molar-refractivity contribution in [2.24, 2.45) is 5.92 Å². The molecule has 9 heteroatoms. The molecule has 0 saturated carbocycles. The first-order valence-corrected chi connectivity index (χ1v) is 9.37. The second-order valence-corrected chi connectivity index (χ2v) is 5.97. The lowest BCUT2D eigenvalue weighted by molar-refractivity contribution is -0.182. The summed E-state index contributed by atoms with van der Waals surface area (Å²) in [6.45, 7) is 9.03. The Morgan fingerprint density at radius 1 is 1.21 bits per heavy atom. The van der Waals surface area contributed by atoms with Gasteiger partial charge in [-0.3, -0.25) is 4.79 Å². The third-order valence-electron chi connectivity index (χ3n) is 3.40. The number of rotatable bonds is 7. The lowest BCUT2D eigenvalue weighted by Gasteiger charge is -2.23. The van der Waals surface area contributed by atoms with Gasteiger partial charge in [0.05, 0.1) is 38.8 Å². The molecule has 2 aliphatic rings. The summed E-state index contributed by atoms with van der Waals surface area (Å²) >= 11 is 0. The minimum Gasteiger partial charge on any atom is -0.501 e. The molecule has 2 rings (SSSR count). The van der Waals surface area contributed by atoms with Crippen LogP contribution in [0.1, 0.15) is 40.5 Å². The number of aldehydes is 1. The van der Waals surface area contributed by atoms with E-state index in [9.17, 15) is 19.5 Å². The SMILES string of the molecule is C1=COCC1.CCOC(=O)C(O)C1CCOC1OC(C)C.CCOC(=O)C=O. The molecule has 9 nitrogen and oxygen atoms in total. The molecule has 1 fully saturated rings. The number of carbonyl (C=O) groups is 3. The molecule has 0 amide bonds. The van der Waals surface area contributed by atoms with Crippen molar-refractivity contribution in [2.75, 3.05) is 26.4 Å². The van der Waals surface area contributed by atoms with Crippen molar-refractivity contribution in [3.05, 3.63) is 12.3 Å². The van der Waals surface area contributed by atoms with Gasteiger partial charge in [0.25, 0.3) is 0 Å². The van der Waals surface area contributed by atoms with E-state index in [1.54, 1.807) is 20.1 Å². The Hall–Kier alpha value is -1.97. The normalized spacial score (nSPS) is 20.8. The van der Waals surface area contributed by atoms with Crippen LogP contribution in [-0.4, -0.2) is 68.3 Å². The Kier molecular flexibility index (Phi) is 14.9. The van der Waals surface area contributed by atoms with E-state index in [0.717, 1.165) is 13.0 Å². The number of aliphatic hydroxyl groups is 1. The molecule has 0 bridgehead atoms. The van der Waals surface area contributed by atoms with Gasteiger partial charge in [-0.1, -0.05) is 0 Å². The fraction of sp³-hybridized carbons (Fsp3) is 0.737. The van der Waals surface area contributed by atoms with Crippen LogP contribution in [-0.2, 0) is 38.1 Å². The third-order valence-corrected chi connectivity index (χ3v) is 3.40. The Morgan fingerprint density at radius 3 is 2.29 bits per heavy atom. The first-order chi connectivity index (χ1) is 13.4. The Labute approximate surface area is 165 Å². The van der Waals surface area contributed by atoms with Crippen molar-refractivity contribution in [3.8, 4) is 0 Å². The van der Waals surface area contributed by atoms with Crippen molar-refractivity contribution < 1.29 is 43.2 Å². The predicted octanol–water partition coefficient (Wildman–Crippen LogP) is 1.37. The predicted molar refractivity (Wildman–Crippen MR) is 99.1 cm³/mol. The van der Waals surface area contributed by atoms with Gasteiger partial charge in [-0.15, -0.1) is 0 Å². The average Bonchev–Trinajstić information content (AvgIpc) is 3.36. The highest BCUT2D eigenvalue weighted by atomic mass is 16.7. The summed E-state index contributed by atoms with van der Waals surface area (Å²) in [5.41, 5.74) is 0. The highest BCUT2D eigenvalue weighted by molar-refractivity contribution is 6.20. The molecule has 28 heavy (non-hydrogen) atoms. The molecule has 1 N–H and O–H groups in total. The summed E-state index contributed by atoms with van der Waals surface area (Å²) in [5.74, 6) is -1.74. The van der Waals surface area contributed by atoms with Gasteiger partial charge in [0.15, 0.2) is 12.4 Å². The average molecular weight is 404 g/mol. The van der Waals surface area contributed by atoms with Gasteiger partial charge < -0.3 is 28.8 Å². The molecule has 0 aromatic heterocycles. The van der Waals surface area contributed by atoms with E-state index >= 15 is 0 Å². The van der Waals surface area contributed by atoms with Crippen molar-refractivity contribution in [1.82, 2.24) is 0 Å². The van der Waals surface area contributed by atoms with Crippen LogP contribution in [0.15, 0.2) is 12.3 Å². The van der Waals surface area contributed by atoms with Crippen LogP contribution in [0.3, 0.4) is 0 Å². The molecule has 0 aliphatic carbocycles. The summed E-state index contributed by atoms with van der Waals surface area (Å²) in [5, 5.41) is 9.80. The number of hydrogen-bond acceptors (Lipinski definition) is 9. The maximum absolute atomic E-state index is 11.4. The molecule has 0 spiro atoms. The summed E-state index contributed by atoms with van der Waals surface area (Å²) in [7, 11) is 0. The van der Waals surface area contributed by atoms with Gasteiger partial charge in [-0.05, 0) is 40.2 Å². The fourth-order valence-electron chi connectivity index (χ4n) is 2.21. The van der Waals surface area contributed by atoms with Gasteiger partial charge in [0.1, 0.15) is 0 Å². The van der Waals surface area contributed by atoms with Gasteiger partial charge in [0.2, 0.25) is 6.29 Å². The van der Waals surface area contributed by atoms with Crippen LogP contribution in [0, 0.1) is 5.92 Å². The topological polar surface area (TPSA) is 118 Å². The molecule has 0 radical (unpaired) electrons. The number of carbonyl (C=O) groups excluding carboxylic acids is 3. The lowest BCUT2D eigenvalue weighted by Crippen LogP contribution is -2.38. The molecule has 1 saturated heterocycles. The number of aliphatic hydroxyl groups excluding tert-OH is 1. The summed E-state index contributed by atoms with van der Waals surface area (Å²) < 4.78 is 24.5. The van der Waals surface area contributed by atoms with E-state index in [1.165, 1.54) is 0 Å². The minimum absolute atomic E-state index is 0.00000412. The fourth-order valence-corrected chi connectivity index (χ4v) is 2.21. The van der Waals surface area contributed by atoms with Gasteiger partial charge in [0, 0.05) is 12.3 Å². The monoisotopic (exact) mass is 404 g/mol. The Bertz CT molecular complexity index is 470. The molecule has 3 atom stereocenters. The van der Waals surface area contributed by atoms with E-state index in [1.807, 2.05) is 19.9 Å². The quantitative estimate of drug-likeness (QED) is 0.381. The van der Waals surface area contributed by atoms with E-state index in [-0.39, 0.29) is 31.5 Å². The molecule has 0 aromatic carbocycles. The van der Waals surface area contributed by atoms with Crippen LogP contribution in [0.4, 0.5) is 0 Å². The van der Waals surface area contributed by atoms with Crippen LogP contribution < -0.4 is 0 Å². The summed E-state index contributed by atoms with van der Waals surface area (Å²) in [6, 6.07) is 0. The van der Waals surface area contributed by atoms with Gasteiger partial charge in [-0.2, -0.15) is 0 Å². The van der Waals surface area contributed by atoms with Gasteiger partial charge in [-0.25, -0.2) is 9.59 Å². The Morgan fingerprint density at radius 2 is 1.89 bits per heavy atom. The van der Waals surface area contributed by atoms with E-state index in [2.05, 4.69) is 4.74 Å². The number of hydrogen-bond donors (Lipinski definition) is 1. The molecule has 0 aromatic rings. The molecular weight excluding hydrogens is 372 g/mol. The maximum Gasteiger partial charge on any atom is 0.371 e. The van der Waals surface area contributed by atoms with E-state index in [4.69, 9.17) is 18.9 Å². The van der Waals surface area contributed by atoms with Crippen LogP contribution in [0.25, 0.3) is 0 Å². The second-order valence-electron chi connectivity index (χ2n) is 5.97. The zero-order chi connectivity index (χ0) is 21.4. The van der Waals surface area contributed by atoms with Crippen molar-refractivity contribution >= 4 is 18.2 Å². The molecule has 162 valence electrons. The second kappa shape index (κ2) is 16.0. The number of ether oxygens (including phenoxy) is 5. The third kappa shape index (κ3) is 11.7.